The highest BCUT2D eigenvalue weighted by Gasteiger charge is 2.05. The van der Waals surface area contributed by atoms with Gasteiger partial charge in [0.1, 0.15) is 5.76 Å². The molecular formula is C11H16N4O. The molecule has 0 aromatic carbocycles. The van der Waals surface area contributed by atoms with Crippen molar-refractivity contribution in [2.75, 3.05) is 0 Å². The Balaban J connectivity index is 1.87. The van der Waals surface area contributed by atoms with E-state index < -0.39 is 0 Å². The van der Waals surface area contributed by atoms with Gasteiger partial charge in [-0.15, -0.1) is 0 Å². The quantitative estimate of drug-likeness (QED) is 0.844. The van der Waals surface area contributed by atoms with Crippen molar-refractivity contribution in [3.8, 4) is 0 Å². The van der Waals surface area contributed by atoms with Crippen LogP contribution in [0.1, 0.15) is 23.0 Å². The van der Waals surface area contributed by atoms with Gasteiger partial charge in [-0.05, 0) is 19.9 Å². The molecule has 16 heavy (non-hydrogen) atoms. The molecule has 5 nitrogen and oxygen atoms in total. The normalized spacial score (nSPS) is 10.9. The fourth-order valence-electron chi connectivity index (χ4n) is 1.49. The van der Waals surface area contributed by atoms with Crippen molar-refractivity contribution in [2.45, 2.75) is 26.9 Å². The number of hydrogen-bond donors (Lipinski definition) is 1. The Morgan fingerprint density at radius 3 is 2.75 bits per heavy atom. The van der Waals surface area contributed by atoms with E-state index in [-0.39, 0.29) is 0 Å². The molecule has 0 bridgehead atoms. The minimum absolute atomic E-state index is 0.639. The van der Waals surface area contributed by atoms with Crippen LogP contribution in [-0.4, -0.2) is 14.8 Å². The second-order valence-electron chi connectivity index (χ2n) is 3.80. The number of nitrogens with one attached hydrogen (secondary N) is 1. The smallest absolute Gasteiger partial charge is 0.208 e. The SMILES string of the molecule is Cc1nc(CNCc2ccnn2C)oc1C. The maximum atomic E-state index is 5.47. The Kier molecular flexibility index (Phi) is 3.05. The zero-order valence-electron chi connectivity index (χ0n) is 9.82. The van der Waals surface area contributed by atoms with Gasteiger partial charge < -0.3 is 9.73 Å². The van der Waals surface area contributed by atoms with E-state index in [4.69, 9.17) is 4.42 Å². The monoisotopic (exact) mass is 220 g/mol. The predicted molar refractivity (Wildman–Crippen MR) is 59.7 cm³/mol. The highest BCUT2D eigenvalue weighted by atomic mass is 16.4. The lowest BCUT2D eigenvalue weighted by molar-refractivity contribution is 0.446. The van der Waals surface area contributed by atoms with Gasteiger partial charge in [-0.25, -0.2) is 4.98 Å². The van der Waals surface area contributed by atoms with Crippen molar-refractivity contribution in [3.63, 3.8) is 0 Å². The first-order chi connectivity index (χ1) is 7.66. The van der Waals surface area contributed by atoms with Gasteiger partial charge in [0.25, 0.3) is 0 Å². The van der Waals surface area contributed by atoms with Gasteiger partial charge in [-0.1, -0.05) is 0 Å². The van der Waals surface area contributed by atoms with E-state index in [1.807, 2.05) is 31.6 Å². The molecule has 86 valence electrons. The molecule has 2 aromatic rings. The number of oxazole rings is 1. The molecule has 0 radical (unpaired) electrons. The standard InChI is InChI=1S/C11H16N4O/c1-8-9(2)16-11(14-8)7-12-6-10-4-5-13-15(10)3/h4-5,12H,6-7H2,1-3H3. The van der Waals surface area contributed by atoms with Gasteiger partial charge in [0, 0.05) is 19.8 Å². The number of hydrogen-bond acceptors (Lipinski definition) is 4. The molecule has 0 unspecified atom stereocenters. The first-order valence-corrected chi connectivity index (χ1v) is 5.27. The van der Waals surface area contributed by atoms with Crippen LogP contribution in [0, 0.1) is 13.8 Å². The second kappa shape index (κ2) is 4.49. The van der Waals surface area contributed by atoms with Crippen molar-refractivity contribution in [1.29, 1.82) is 0 Å². The average molecular weight is 220 g/mol. The third-order valence-electron chi connectivity index (χ3n) is 2.58. The van der Waals surface area contributed by atoms with E-state index in [2.05, 4.69) is 15.4 Å². The molecule has 0 fully saturated rings. The third-order valence-corrected chi connectivity index (χ3v) is 2.58. The van der Waals surface area contributed by atoms with E-state index in [9.17, 15) is 0 Å². The molecule has 0 atom stereocenters. The van der Waals surface area contributed by atoms with Crippen LogP contribution in [0.25, 0.3) is 0 Å². The van der Waals surface area contributed by atoms with Crippen LogP contribution in [0.2, 0.25) is 0 Å². The number of nitrogens with zero attached hydrogens (tertiary/aromatic N) is 3. The summed E-state index contributed by atoms with van der Waals surface area (Å²) in [6, 6.07) is 1.99. The maximum Gasteiger partial charge on any atom is 0.208 e. The van der Waals surface area contributed by atoms with Gasteiger partial charge >= 0.3 is 0 Å². The van der Waals surface area contributed by atoms with Crippen molar-refractivity contribution < 1.29 is 4.42 Å². The molecule has 2 rings (SSSR count). The molecule has 0 saturated carbocycles. The summed E-state index contributed by atoms with van der Waals surface area (Å²) in [7, 11) is 1.93. The van der Waals surface area contributed by atoms with Crippen LogP contribution in [0.5, 0.6) is 0 Å². The number of rotatable bonds is 4. The Morgan fingerprint density at radius 2 is 2.19 bits per heavy atom. The second-order valence-corrected chi connectivity index (χ2v) is 3.80. The van der Waals surface area contributed by atoms with E-state index in [1.165, 1.54) is 0 Å². The minimum Gasteiger partial charge on any atom is -0.444 e. The summed E-state index contributed by atoms with van der Waals surface area (Å²) in [6.45, 7) is 5.27. The first-order valence-electron chi connectivity index (χ1n) is 5.27. The van der Waals surface area contributed by atoms with E-state index in [0.29, 0.717) is 6.54 Å². The summed E-state index contributed by atoms with van der Waals surface area (Å²) in [6.07, 6.45) is 1.79. The lowest BCUT2D eigenvalue weighted by Crippen LogP contribution is -2.15. The summed E-state index contributed by atoms with van der Waals surface area (Å²) < 4.78 is 7.31. The third kappa shape index (κ3) is 2.30. The fraction of sp³-hybridized carbons (Fsp3) is 0.455. The molecule has 5 heteroatoms. The Bertz CT molecular complexity index is 453. The summed E-state index contributed by atoms with van der Waals surface area (Å²) in [5.41, 5.74) is 2.09. The lowest BCUT2D eigenvalue weighted by Gasteiger charge is -2.02. The number of aromatic nitrogens is 3. The fourth-order valence-corrected chi connectivity index (χ4v) is 1.49. The molecule has 2 aromatic heterocycles. The molecule has 0 saturated heterocycles. The van der Waals surface area contributed by atoms with Crippen LogP contribution in [0.3, 0.4) is 0 Å². The van der Waals surface area contributed by atoms with Crippen LogP contribution >= 0.6 is 0 Å². The molecule has 1 N–H and O–H groups in total. The van der Waals surface area contributed by atoms with Gasteiger partial charge in [0.2, 0.25) is 5.89 Å². The molecular weight excluding hydrogens is 204 g/mol. The highest BCUT2D eigenvalue weighted by Crippen LogP contribution is 2.07. The van der Waals surface area contributed by atoms with Gasteiger partial charge in [0.05, 0.1) is 17.9 Å². The summed E-state index contributed by atoms with van der Waals surface area (Å²) in [5, 5.41) is 7.37. The predicted octanol–water partition coefficient (Wildman–Crippen LogP) is 1.31. The molecule has 0 aliphatic heterocycles. The molecule has 2 heterocycles. The topological polar surface area (TPSA) is 55.9 Å². The van der Waals surface area contributed by atoms with Crippen molar-refractivity contribution in [1.82, 2.24) is 20.1 Å². The summed E-state index contributed by atoms with van der Waals surface area (Å²) >= 11 is 0. The zero-order chi connectivity index (χ0) is 11.5. The van der Waals surface area contributed by atoms with E-state index >= 15 is 0 Å². The minimum atomic E-state index is 0.639. The Hall–Kier alpha value is -1.62. The van der Waals surface area contributed by atoms with Gasteiger partial charge in [0.15, 0.2) is 0 Å². The largest absolute Gasteiger partial charge is 0.444 e. The number of aryl methyl sites for hydroxylation is 3. The molecule has 0 spiro atoms. The summed E-state index contributed by atoms with van der Waals surface area (Å²) in [4.78, 5) is 4.30. The van der Waals surface area contributed by atoms with Crippen molar-refractivity contribution >= 4 is 0 Å². The first kappa shape index (κ1) is 10.9. The van der Waals surface area contributed by atoms with E-state index in [0.717, 1.165) is 29.6 Å². The van der Waals surface area contributed by atoms with Gasteiger partial charge in [-0.3, -0.25) is 4.68 Å². The average Bonchev–Trinajstić information content (AvgIpc) is 2.76. The maximum absolute atomic E-state index is 5.47. The van der Waals surface area contributed by atoms with Crippen LogP contribution in [0.15, 0.2) is 16.7 Å². The van der Waals surface area contributed by atoms with Gasteiger partial charge in [-0.2, -0.15) is 5.10 Å². The molecule has 0 aliphatic carbocycles. The van der Waals surface area contributed by atoms with Crippen LogP contribution in [0.4, 0.5) is 0 Å². The zero-order valence-corrected chi connectivity index (χ0v) is 9.82. The lowest BCUT2D eigenvalue weighted by atomic mass is 10.4. The highest BCUT2D eigenvalue weighted by molar-refractivity contribution is 5.05. The van der Waals surface area contributed by atoms with Crippen LogP contribution < -0.4 is 5.32 Å². The van der Waals surface area contributed by atoms with E-state index in [1.54, 1.807) is 6.20 Å². The molecule has 0 aliphatic rings. The van der Waals surface area contributed by atoms with Crippen molar-refractivity contribution in [2.24, 2.45) is 7.05 Å². The van der Waals surface area contributed by atoms with Crippen molar-refractivity contribution in [3.05, 3.63) is 35.3 Å². The Labute approximate surface area is 94.5 Å². The Morgan fingerprint density at radius 1 is 1.38 bits per heavy atom. The molecule has 0 amide bonds. The van der Waals surface area contributed by atoms with Crippen LogP contribution in [-0.2, 0) is 20.1 Å². The summed E-state index contributed by atoms with van der Waals surface area (Å²) in [5.74, 6) is 1.62.